The third kappa shape index (κ3) is 3.07. The predicted octanol–water partition coefficient (Wildman–Crippen LogP) is 2.87. The van der Waals surface area contributed by atoms with Crippen LogP contribution in [0, 0.1) is 25.2 Å². The Balaban J connectivity index is 2.91. The van der Waals surface area contributed by atoms with Crippen molar-refractivity contribution in [3.63, 3.8) is 0 Å². The minimum atomic E-state index is 0.296. The quantitative estimate of drug-likeness (QED) is 0.815. The number of nitriles is 1. The molecule has 0 aliphatic heterocycles. The maximum absolute atomic E-state index is 8.60. The summed E-state index contributed by atoms with van der Waals surface area (Å²) in [7, 11) is 1.95. The Kier molecular flexibility index (Phi) is 4.33. The fourth-order valence-corrected chi connectivity index (χ4v) is 1.80. The fraction of sp³-hybridized carbons (Fsp3) is 0.462. The molecule has 2 heteroatoms. The van der Waals surface area contributed by atoms with Gasteiger partial charge in [-0.1, -0.05) is 23.8 Å². The number of nitrogens with one attached hydrogen (secondary N) is 1. The molecule has 1 rings (SSSR count). The number of hydrogen-bond acceptors (Lipinski definition) is 2. The normalized spacial score (nSPS) is 12.1. The van der Waals surface area contributed by atoms with E-state index >= 15 is 0 Å². The van der Waals surface area contributed by atoms with Crippen LogP contribution in [0.4, 0.5) is 0 Å². The lowest BCUT2D eigenvalue weighted by Gasteiger charge is -2.18. The van der Waals surface area contributed by atoms with Crippen LogP contribution in [-0.4, -0.2) is 7.05 Å². The van der Waals surface area contributed by atoms with Crippen LogP contribution in [0.5, 0.6) is 0 Å². The molecule has 1 N–H and O–H groups in total. The van der Waals surface area contributed by atoms with E-state index in [9.17, 15) is 0 Å². The first-order chi connectivity index (χ1) is 7.19. The second-order valence-corrected chi connectivity index (χ2v) is 3.90. The van der Waals surface area contributed by atoms with Gasteiger partial charge in [0.25, 0.3) is 0 Å². The van der Waals surface area contributed by atoms with Gasteiger partial charge < -0.3 is 5.32 Å². The van der Waals surface area contributed by atoms with E-state index in [1.54, 1.807) is 0 Å². The van der Waals surface area contributed by atoms with Crippen molar-refractivity contribution < 1.29 is 0 Å². The van der Waals surface area contributed by atoms with E-state index in [1.165, 1.54) is 16.7 Å². The summed E-state index contributed by atoms with van der Waals surface area (Å²) in [6, 6.07) is 8.96. The first-order valence-electron chi connectivity index (χ1n) is 5.30. The van der Waals surface area contributed by atoms with Gasteiger partial charge in [-0.25, -0.2) is 0 Å². The van der Waals surface area contributed by atoms with Crippen LogP contribution < -0.4 is 5.32 Å². The zero-order valence-electron chi connectivity index (χ0n) is 9.67. The Morgan fingerprint density at radius 2 is 2.13 bits per heavy atom. The minimum Gasteiger partial charge on any atom is -0.313 e. The average molecular weight is 202 g/mol. The van der Waals surface area contributed by atoms with Crippen LogP contribution in [0.2, 0.25) is 0 Å². The number of aryl methyl sites for hydroxylation is 2. The molecule has 0 spiro atoms. The average Bonchev–Trinajstić information content (AvgIpc) is 2.24. The van der Waals surface area contributed by atoms with Crippen molar-refractivity contribution in [2.24, 2.45) is 0 Å². The lowest BCUT2D eigenvalue weighted by Crippen LogP contribution is -2.17. The smallest absolute Gasteiger partial charge is 0.0622 e. The lowest BCUT2D eigenvalue weighted by atomic mass is 9.96. The van der Waals surface area contributed by atoms with Crippen LogP contribution in [-0.2, 0) is 0 Å². The number of hydrogen-bond donors (Lipinski definition) is 1. The highest BCUT2D eigenvalue weighted by atomic mass is 14.9. The van der Waals surface area contributed by atoms with Crippen molar-refractivity contribution in [2.75, 3.05) is 7.05 Å². The van der Waals surface area contributed by atoms with Gasteiger partial charge in [-0.05, 0) is 38.4 Å². The van der Waals surface area contributed by atoms with E-state index in [1.807, 2.05) is 7.05 Å². The first-order valence-corrected chi connectivity index (χ1v) is 5.30. The van der Waals surface area contributed by atoms with E-state index in [2.05, 4.69) is 43.4 Å². The molecule has 0 amide bonds. The molecule has 1 aromatic rings. The fourth-order valence-electron chi connectivity index (χ4n) is 1.80. The van der Waals surface area contributed by atoms with Crippen molar-refractivity contribution in [2.45, 2.75) is 32.7 Å². The van der Waals surface area contributed by atoms with Crippen LogP contribution in [0.3, 0.4) is 0 Å². The lowest BCUT2D eigenvalue weighted by molar-refractivity contribution is 0.554. The van der Waals surface area contributed by atoms with Crippen molar-refractivity contribution >= 4 is 0 Å². The summed E-state index contributed by atoms with van der Waals surface area (Å²) in [5.74, 6) is 0. The van der Waals surface area contributed by atoms with Gasteiger partial charge in [-0.3, -0.25) is 0 Å². The summed E-state index contributed by atoms with van der Waals surface area (Å²) >= 11 is 0. The molecule has 1 unspecified atom stereocenters. The molecule has 80 valence electrons. The predicted molar refractivity (Wildman–Crippen MR) is 62.6 cm³/mol. The summed E-state index contributed by atoms with van der Waals surface area (Å²) < 4.78 is 0. The third-order valence-corrected chi connectivity index (χ3v) is 2.70. The van der Waals surface area contributed by atoms with Gasteiger partial charge in [0.1, 0.15) is 0 Å². The maximum Gasteiger partial charge on any atom is 0.0622 e. The highest BCUT2D eigenvalue weighted by Gasteiger charge is 2.11. The van der Waals surface area contributed by atoms with Gasteiger partial charge in [0.05, 0.1) is 6.07 Å². The minimum absolute atomic E-state index is 0.296. The molecule has 1 atom stereocenters. The number of benzene rings is 1. The topological polar surface area (TPSA) is 35.8 Å². The highest BCUT2D eigenvalue weighted by Crippen LogP contribution is 2.22. The first kappa shape index (κ1) is 11.7. The maximum atomic E-state index is 8.60. The van der Waals surface area contributed by atoms with E-state index in [0.717, 1.165) is 6.42 Å². The Morgan fingerprint density at radius 3 is 2.73 bits per heavy atom. The van der Waals surface area contributed by atoms with Crippen LogP contribution in [0.1, 0.15) is 35.6 Å². The van der Waals surface area contributed by atoms with Crippen molar-refractivity contribution in [1.29, 1.82) is 5.26 Å². The highest BCUT2D eigenvalue weighted by molar-refractivity contribution is 5.33. The molecule has 0 heterocycles. The molecular formula is C13H18N2. The molecule has 2 nitrogen and oxygen atoms in total. The van der Waals surface area contributed by atoms with Gasteiger partial charge in [0.15, 0.2) is 0 Å². The van der Waals surface area contributed by atoms with Gasteiger partial charge >= 0.3 is 0 Å². The molecule has 0 saturated heterocycles. The van der Waals surface area contributed by atoms with Crippen LogP contribution in [0.25, 0.3) is 0 Å². The Morgan fingerprint density at radius 1 is 1.40 bits per heavy atom. The molecule has 0 saturated carbocycles. The molecule has 15 heavy (non-hydrogen) atoms. The van der Waals surface area contributed by atoms with Crippen molar-refractivity contribution in [3.8, 4) is 6.07 Å². The number of rotatable bonds is 4. The molecular weight excluding hydrogens is 184 g/mol. The van der Waals surface area contributed by atoms with Gasteiger partial charge in [-0.2, -0.15) is 5.26 Å². The summed E-state index contributed by atoms with van der Waals surface area (Å²) in [4.78, 5) is 0. The zero-order valence-corrected chi connectivity index (χ0v) is 9.67. The molecule has 1 aromatic carbocycles. The second-order valence-electron chi connectivity index (χ2n) is 3.90. The molecule has 0 fully saturated rings. The van der Waals surface area contributed by atoms with Crippen molar-refractivity contribution in [1.82, 2.24) is 5.32 Å². The monoisotopic (exact) mass is 202 g/mol. The SMILES string of the molecule is CNC(CCC#N)c1cc(C)ccc1C. The van der Waals surface area contributed by atoms with E-state index < -0.39 is 0 Å². The Bertz CT molecular complexity index is 363. The summed E-state index contributed by atoms with van der Waals surface area (Å²) in [6.45, 7) is 4.21. The molecule has 0 aliphatic rings. The molecule has 0 aliphatic carbocycles. The van der Waals surface area contributed by atoms with Gasteiger partial charge in [0, 0.05) is 12.5 Å². The third-order valence-electron chi connectivity index (χ3n) is 2.70. The molecule has 0 radical (unpaired) electrons. The Hall–Kier alpha value is -1.33. The summed E-state index contributed by atoms with van der Waals surface area (Å²) in [5, 5.41) is 11.9. The van der Waals surface area contributed by atoms with Gasteiger partial charge in [-0.15, -0.1) is 0 Å². The number of nitrogens with zero attached hydrogens (tertiary/aromatic N) is 1. The van der Waals surface area contributed by atoms with E-state index in [4.69, 9.17) is 5.26 Å². The standard InChI is InChI=1S/C13H18N2/c1-10-6-7-11(2)12(9-10)13(15-3)5-4-8-14/h6-7,9,13,15H,4-5H2,1-3H3. The molecule has 0 bridgehead atoms. The second kappa shape index (κ2) is 5.53. The van der Waals surface area contributed by atoms with E-state index in [0.29, 0.717) is 12.5 Å². The zero-order chi connectivity index (χ0) is 11.3. The van der Waals surface area contributed by atoms with Crippen LogP contribution >= 0.6 is 0 Å². The van der Waals surface area contributed by atoms with E-state index in [-0.39, 0.29) is 0 Å². The molecule has 0 aromatic heterocycles. The Labute approximate surface area is 91.9 Å². The largest absolute Gasteiger partial charge is 0.313 e. The van der Waals surface area contributed by atoms with Crippen LogP contribution in [0.15, 0.2) is 18.2 Å². The van der Waals surface area contributed by atoms with Gasteiger partial charge in [0.2, 0.25) is 0 Å². The van der Waals surface area contributed by atoms with Crippen molar-refractivity contribution in [3.05, 3.63) is 34.9 Å². The summed E-state index contributed by atoms with van der Waals surface area (Å²) in [6.07, 6.45) is 1.47. The summed E-state index contributed by atoms with van der Waals surface area (Å²) in [5.41, 5.74) is 3.87.